The molecule has 4 rings (SSSR count). The largest absolute Gasteiger partial charge is 0.294 e. The molecule has 0 saturated heterocycles. The van der Waals surface area contributed by atoms with E-state index in [0.29, 0.717) is 17.2 Å². The van der Waals surface area contributed by atoms with Gasteiger partial charge in [0.1, 0.15) is 5.82 Å². The predicted molar refractivity (Wildman–Crippen MR) is 103 cm³/mol. The number of nitrogens with zero attached hydrogens (tertiary/aromatic N) is 6. The van der Waals surface area contributed by atoms with Crippen molar-refractivity contribution in [1.82, 2.24) is 25.0 Å². The Morgan fingerprint density at radius 1 is 1.04 bits per heavy atom. The van der Waals surface area contributed by atoms with Crippen molar-refractivity contribution in [2.45, 2.75) is 13.8 Å². The Morgan fingerprint density at radius 3 is 2.67 bits per heavy atom. The van der Waals surface area contributed by atoms with E-state index in [4.69, 9.17) is 0 Å². The highest BCUT2D eigenvalue weighted by atomic mass is 16.2. The van der Waals surface area contributed by atoms with Crippen LogP contribution in [-0.2, 0) is 0 Å². The minimum absolute atomic E-state index is 0.256. The lowest BCUT2D eigenvalue weighted by atomic mass is 10.2. The lowest BCUT2D eigenvalue weighted by molar-refractivity contribution is 0.0987. The van der Waals surface area contributed by atoms with Crippen molar-refractivity contribution in [3.05, 3.63) is 71.8 Å². The van der Waals surface area contributed by atoms with Crippen molar-refractivity contribution in [2.75, 3.05) is 11.9 Å². The summed E-state index contributed by atoms with van der Waals surface area (Å²) >= 11 is 0. The molecule has 0 bridgehead atoms. The van der Waals surface area contributed by atoms with E-state index in [9.17, 15) is 4.79 Å². The molecule has 0 aliphatic carbocycles. The summed E-state index contributed by atoms with van der Waals surface area (Å²) < 4.78 is 1.67. The van der Waals surface area contributed by atoms with Gasteiger partial charge in [-0.15, -0.1) is 5.10 Å². The van der Waals surface area contributed by atoms with E-state index in [1.165, 1.54) is 4.90 Å². The number of aromatic nitrogens is 5. The minimum Gasteiger partial charge on any atom is -0.294 e. The Hall–Kier alpha value is -3.61. The third-order valence-corrected chi connectivity index (χ3v) is 4.49. The Labute approximate surface area is 156 Å². The van der Waals surface area contributed by atoms with E-state index < -0.39 is 0 Å². The molecule has 7 heteroatoms. The molecule has 0 fully saturated rings. The maximum atomic E-state index is 12.9. The van der Waals surface area contributed by atoms with Crippen LogP contribution in [0.1, 0.15) is 21.7 Å². The zero-order chi connectivity index (χ0) is 19.0. The summed E-state index contributed by atoms with van der Waals surface area (Å²) in [6, 6.07) is 13.4. The normalized spacial score (nSPS) is 10.9. The van der Waals surface area contributed by atoms with Crippen LogP contribution in [-0.4, -0.2) is 37.9 Å². The molecule has 1 aromatic carbocycles. The van der Waals surface area contributed by atoms with Crippen molar-refractivity contribution < 1.29 is 4.79 Å². The van der Waals surface area contributed by atoms with Crippen molar-refractivity contribution in [3.63, 3.8) is 0 Å². The zero-order valence-corrected chi connectivity index (χ0v) is 15.3. The van der Waals surface area contributed by atoms with Gasteiger partial charge < -0.3 is 0 Å². The number of hydrogen-bond acceptors (Lipinski definition) is 5. The number of carbonyl (C=O) groups excluding carboxylic acids is 1. The van der Waals surface area contributed by atoms with Gasteiger partial charge in [0.25, 0.3) is 5.91 Å². The molecule has 4 aromatic rings. The number of aryl methyl sites for hydroxylation is 1. The number of benzene rings is 1. The van der Waals surface area contributed by atoms with E-state index >= 15 is 0 Å². The van der Waals surface area contributed by atoms with Crippen LogP contribution in [0, 0.1) is 13.8 Å². The quantitative estimate of drug-likeness (QED) is 0.562. The van der Waals surface area contributed by atoms with Crippen LogP contribution in [0.25, 0.3) is 16.6 Å². The number of amides is 1. The maximum Gasteiger partial charge on any atom is 0.281 e. The van der Waals surface area contributed by atoms with Gasteiger partial charge in [0.05, 0.1) is 16.9 Å². The molecule has 0 spiro atoms. The van der Waals surface area contributed by atoms with Gasteiger partial charge in [-0.1, -0.05) is 17.3 Å². The fourth-order valence-electron chi connectivity index (χ4n) is 2.95. The fourth-order valence-corrected chi connectivity index (χ4v) is 2.95. The Morgan fingerprint density at radius 2 is 1.89 bits per heavy atom. The van der Waals surface area contributed by atoms with E-state index in [1.807, 2.05) is 56.3 Å². The van der Waals surface area contributed by atoms with Gasteiger partial charge in [0.15, 0.2) is 5.69 Å². The van der Waals surface area contributed by atoms with Crippen LogP contribution in [0.15, 0.2) is 54.9 Å². The van der Waals surface area contributed by atoms with Gasteiger partial charge in [-0.25, -0.2) is 9.67 Å². The first kappa shape index (κ1) is 16.8. The van der Waals surface area contributed by atoms with Gasteiger partial charge in [-0.3, -0.25) is 14.7 Å². The number of rotatable bonds is 3. The molecule has 134 valence electrons. The summed E-state index contributed by atoms with van der Waals surface area (Å²) in [5.41, 5.74) is 3.68. The third-order valence-electron chi connectivity index (χ3n) is 4.49. The molecule has 27 heavy (non-hydrogen) atoms. The monoisotopic (exact) mass is 358 g/mol. The predicted octanol–water partition coefficient (Wildman–Crippen LogP) is 3.10. The van der Waals surface area contributed by atoms with E-state index in [1.54, 1.807) is 24.1 Å². The van der Waals surface area contributed by atoms with Crippen molar-refractivity contribution in [1.29, 1.82) is 0 Å². The minimum atomic E-state index is -0.256. The summed E-state index contributed by atoms with van der Waals surface area (Å²) in [6.07, 6.45) is 3.48. The van der Waals surface area contributed by atoms with Gasteiger partial charge in [-0.05, 0) is 49.7 Å². The second kappa shape index (κ2) is 6.60. The van der Waals surface area contributed by atoms with Crippen LogP contribution in [0.4, 0.5) is 5.82 Å². The number of carbonyl (C=O) groups is 1. The van der Waals surface area contributed by atoms with Crippen LogP contribution < -0.4 is 4.90 Å². The fraction of sp³-hybridized carbons (Fsp3) is 0.150. The molecule has 0 radical (unpaired) electrons. The van der Waals surface area contributed by atoms with E-state index in [0.717, 1.165) is 22.2 Å². The van der Waals surface area contributed by atoms with Gasteiger partial charge in [0, 0.05) is 24.8 Å². The summed E-state index contributed by atoms with van der Waals surface area (Å²) in [7, 11) is 1.68. The molecule has 3 aromatic heterocycles. The molecular formula is C20H18N6O. The third kappa shape index (κ3) is 2.93. The molecule has 0 atom stereocenters. The van der Waals surface area contributed by atoms with Crippen molar-refractivity contribution in [2.24, 2.45) is 0 Å². The van der Waals surface area contributed by atoms with Crippen LogP contribution in [0.2, 0.25) is 0 Å². The van der Waals surface area contributed by atoms with E-state index in [-0.39, 0.29) is 5.91 Å². The Bertz CT molecular complexity index is 1130. The van der Waals surface area contributed by atoms with Gasteiger partial charge in [0.2, 0.25) is 0 Å². The SMILES string of the molecule is Cc1ccc(N(C)C(=O)c2nnn(-c3cccc4ncccc34)c2C)nc1. The average Bonchev–Trinajstić information content (AvgIpc) is 3.08. The average molecular weight is 358 g/mol. The topological polar surface area (TPSA) is 76.8 Å². The highest BCUT2D eigenvalue weighted by molar-refractivity contribution is 6.04. The Kier molecular flexibility index (Phi) is 4.12. The highest BCUT2D eigenvalue weighted by Gasteiger charge is 2.23. The maximum absolute atomic E-state index is 12.9. The molecule has 0 unspecified atom stereocenters. The zero-order valence-electron chi connectivity index (χ0n) is 15.3. The number of fused-ring (bicyclic) bond motifs is 1. The molecule has 3 heterocycles. The molecule has 0 N–H and O–H groups in total. The van der Waals surface area contributed by atoms with E-state index in [2.05, 4.69) is 20.3 Å². The first-order valence-corrected chi connectivity index (χ1v) is 8.53. The Balaban J connectivity index is 1.73. The number of pyridine rings is 2. The first-order chi connectivity index (χ1) is 13.1. The second-order valence-corrected chi connectivity index (χ2v) is 6.34. The molecular weight excluding hydrogens is 340 g/mol. The summed E-state index contributed by atoms with van der Waals surface area (Å²) in [6.45, 7) is 3.78. The first-order valence-electron chi connectivity index (χ1n) is 8.53. The second-order valence-electron chi connectivity index (χ2n) is 6.34. The van der Waals surface area contributed by atoms with Crippen molar-refractivity contribution >= 4 is 22.6 Å². The molecule has 7 nitrogen and oxygen atoms in total. The summed E-state index contributed by atoms with van der Waals surface area (Å²) in [5, 5.41) is 9.30. The van der Waals surface area contributed by atoms with Crippen molar-refractivity contribution in [3.8, 4) is 5.69 Å². The molecule has 0 aliphatic heterocycles. The standard InChI is InChI=1S/C20H18N6O/c1-13-9-10-18(22-12-13)25(3)20(27)19-14(2)26(24-23-19)17-8-4-7-16-15(17)6-5-11-21-16/h4-12H,1-3H3. The van der Waals surface area contributed by atoms with Crippen LogP contribution in [0.5, 0.6) is 0 Å². The van der Waals surface area contributed by atoms with Gasteiger partial charge >= 0.3 is 0 Å². The molecule has 1 amide bonds. The summed E-state index contributed by atoms with van der Waals surface area (Å²) in [4.78, 5) is 23.1. The van der Waals surface area contributed by atoms with Crippen LogP contribution in [0.3, 0.4) is 0 Å². The van der Waals surface area contributed by atoms with Crippen LogP contribution >= 0.6 is 0 Å². The number of hydrogen-bond donors (Lipinski definition) is 0. The smallest absolute Gasteiger partial charge is 0.281 e. The van der Waals surface area contributed by atoms with Gasteiger partial charge in [-0.2, -0.15) is 0 Å². The summed E-state index contributed by atoms with van der Waals surface area (Å²) in [5.74, 6) is 0.308. The number of anilines is 1. The highest BCUT2D eigenvalue weighted by Crippen LogP contribution is 2.22. The molecule has 0 aliphatic rings. The lowest BCUT2D eigenvalue weighted by Crippen LogP contribution is -2.28. The molecule has 0 saturated carbocycles. The lowest BCUT2D eigenvalue weighted by Gasteiger charge is -2.15.